The fourth-order valence-electron chi connectivity index (χ4n) is 4.70. The van der Waals surface area contributed by atoms with Gasteiger partial charge in [-0.1, -0.05) is 18.2 Å². The number of carbonyl (C=O) groups is 1. The van der Waals surface area contributed by atoms with Crippen LogP contribution in [0.4, 0.5) is 11.4 Å². The minimum Gasteiger partial charge on any atom is -0.493 e. The van der Waals surface area contributed by atoms with Gasteiger partial charge in [-0.3, -0.25) is 9.73 Å². The van der Waals surface area contributed by atoms with Crippen LogP contribution in [0.3, 0.4) is 0 Å². The third-order valence-electron chi connectivity index (χ3n) is 6.77. The predicted octanol–water partition coefficient (Wildman–Crippen LogP) is 4.85. The van der Waals surface area contributed by atoms with Gasteiger partial charge in [0.1, 0.15) is 0 Å². The number of hydrazine groups is 2. The lowest BCUT2D eigenvalue weighted by atomic mass is 9.93. The van der Waals surface area contributed by atoms with Crippen LogP contribution in [0.25, 0.3) is 0 Å². The average Bonchev–Trinajstić information content (AvgIpc) is 3.45. The number of rotatable bonds is 5. The smallest absolute Gasteiger partial charge is 0.277 e. The molecule has 0 fully saturated rings. The van der Waals surface area contributed by atoms with Gasteiger partial charge in [-0.05, 0) is 79.4 Å². The second-order valence-corrected chi connectivity index (χ2v) is 8.72. The number of amidine groups is 1. The first-order valence-corrected chi connectivity index (χ1v) is 11.5. The summed E-state index contributed by atoms with van der Waals surface area (Å²) in [5.41, 5.74) is 7.27. The van der Waals surface area contributed by atoms with E-state index in [0.717, 1.165) is 33.5 Å². The van der Waals surface area contributed by atoms with Crippen molar-refractivity contribution in [1.29, 1.82) is 0 Å². The van der Waals surface area contributed by atoms with E-state index in [1.165, 1.54) is 31.6 Å². The number of fused-ring (bicyclic) bond motifs is 3. The Morgan fingerprint density at radius 1 is 0.833 bits per heavy atom. The number of amides is 1. The van der Waals surface area contributed by atoms with Crippen LogP contribution in [0.1, 0.15) is 38.2 Å². The second kappa shape index (κ2) is 8.76. The summed E-state index contributed by atoms with van der Waals surface area (Å²) in [5.74, 6) is 1.43. The van der Waals surface area contributed by atoms with E-state index < -0.39 is 0 Å². The predicted molar refractivity (Wildman–Crippen MR) is 137 cm³/mol. The lowest BCUT2D eigenvalue weighted by molar-refractivity contribution is -0.135. The zero-order valence-corrected chi connectivity index (χ0v) is 21.4. The third kappa shape index (κ3) is 3.35. The quantitative estimate of drug-likeness (QED) is 0.508. The summed E-state index contributed by atoms with van der Waals surface area (Å²) in [4.78, 5) is 19.7. The molecular formula is C27H28N4O5. The summed E-state index contributed by atoms with van der Waals surface area (Å²) in [6, 6.07) is 13.0. The number of hydrogen-bond donors (Lipinski definition) is 0. The van der Waals surface area contributed by atoms with Crippen molar-refractivity contribution >= 4 is 23.1 Å². The number of benzene rings is 3. The number of hydrogen-bond acceptors (Lipinski definition) is 8. The Labute approximate surface area is 209 Å². The van der Waals surface area contributed by atoms with Gasteiger partial charge >= 0.3 is 0 Å². The van der Waals surface area contributed by atoms with Crippen molar-refractivity contribution in [3.8, 4) is 17.2 Å². The molecule has 186 valence electrons. The van der Waals surface area contributed by atoms with E-state index in [0.29, 0.717) is 34.3 Å². The molecule has 36 heavy (non-hydrogen) atoms. The molecule has 0 aromatic heterocycles. The van der Waals surface area contributed by atoms with Crippen molar-refractivity contribution in [2.75, 3.05) is 31.3 Å². The van der Waals surface area contributed by atoms with Gasteiger partial charge in [0.15, 0.2) is 11.5 Å². The van der Waals surface area contributed by atoms with Gasteiger partial charge in [-0.15, -0.1) is 0 Å². The number of methoxy groups -OCH3 is 3. The SMILES string of the molecule is COc1cc(C(=O)N2c3ccccc3N3C(c4c(C)c(C)cc(C)c4C)=NON23)cc(OC)c1OC. The number of oxime groups is 1. The minimum atomic E-state index is -0.352. The molecule has 2 heterocycles. The summed E-state index contributed by atoms with van der Waals surface area (Å²) in [6.45, 7) is 8.31. The van der Waals surface area contributed by atoms with Crippen LogP contribution in [-0.4, -0.2) is 38.4 Å². The number of aryl methyl sites for hydroxylation is 2. The Bertz CT molecular complexity index is 1370. The molecule has 0 atom stereocenters. The van der Waals surface area contributed by atoms with Crippen LogP contribution >= 0.6 is 0 Å². The first kappa shape index (κ1) is 23.5. The first-order valence-electron chi connectivity index (χ1n) is 11.5. The van der Waals surface area contributed by atoms with E-state index in [-0.39, 0.29) is 5.91 Å². The summed E-state index contributed by atoms with van der Waals surface area (Å²) >= 11 is 0. The highest BCUT2D eigenvalue weighted by Crippen LogP contribution is 2.45. The van der Waals surface area contributed by atoms with E-state index in [4.69, 9.17) is 19.1 Å². The molecule has 0 bridgehead atoms. The Kier molecular flexibility index (Phi) is 5.72. The number of ether oxygens (including phenoxy) is 3. The number of nitrogens with zero attached hydrogens (tertiary/aromatic N) is 4. The Hall–Kier alpha value is -4.24. The lowest BCUT2D eigenvalue weighted by Crippen LogP contribution is -2.49. The zero-order valence-electron chi connectivity index (χ0n) is 21.4. The summed E-state index contributed by atoms with van der Waals surface area (Å²) in [7, 11) is 4.54. The molecule has 3 aromatic carbocycles. The molecule has 5 rings (SSSR count). The normalized spacial score (nSPS) is 14.2. The fourth-order valence-corrected chi connectivity index (χ4v) is 4.70. The van der Waals surface area contributed by atoms with E-state index in [1.807, 2.05) is 29.3 Å². The molecule has 0 saturated heterocycles. The number of anilines is 2. The molecule has 0 spiro atoms. The van der Waals surface area contributed by atoms with E-state index in [2.05, 4.69) is 38.9 Å². The largest absolute Gasteiger partial charge is 0.493 e. The molecule has 0 radical (unpaired) electrons. The van der Waals surface area contributed by atoms with Crippen molar-refractivity contribution in [3.05, 3.63) is 75.8 Å². The molecule has 2 aliphatic heterocycles. The van der Waals surface area contributed by atoms with Crippen molar-refractivity contribution in [1.82, 2.24) is 5.28 Å². The first-order chi connectivity index (χ1) is 17.3. The van der Waals surface area contributed by atoms with Gasteiger partial charge in [0, 0.05) is 11.1 Å². The van der Waals surface area contributed by atoms with E-state index in [9.17, 15) is 4.79 Å². The number of carbonyl (C=O) groups excluding carboxylic acids is 1. The maximum atomic E-state index is 13.9. The van der Waals surface area contributed by atoms with E-state index >= 15 is 0 Å². The van der Waals surface area contributed by atoms with Crippen LogP contribution in [-0.2, 0) is 4.94 Å². The highest BCUT2D eigenvalue weighted by atomic mass is 16.9. The van der Waals surface area contributed by atoms with Gasteiger partial charge in [0.2, 0.25) is 11.6 Å². The highest BCUT2D eigenvalue weighted by molar-refractivity contribution is 6.18. The third-order valence-corrected chi connectivity index (χ3v) is 6.77. The molecule has 0 unspecified atom stereocenters. The van der Waals surface area contributed by atoms with E-state index in [1.54, 1.807) is 12.1 Å². The van der Waals surface area contributed by atoms with Crippen LogP contribution in [0.5, 0.6) is 17.2 Å². The van der Waals surface area contributed by atoms with Gasteiger partial charge in [0.05, 0.1) is 38.0 Å². The van der Waals surface area contributed by atoms with Crippen molar-refractivity contribution in [2.24, 2.45) is 5.16 Å². The standard InChI is InChI=1S/C27H28N4O5/c1-15-12-16(2)18(4)24(17(15)3)26-28-36-31-29(26)20-10-8-9-11-21(20)30(31)27(32)19-13-22(33-5)25(35-7)23(14-19)34-6/h8-14H,1-7H3. The fraction of sp³-hybridized carbons (Fsp3) is 0.259. The molecular weight excluding hydrogens is 460 g/mol. The monoisotopic (exact) mass is 488 g/mol. The molecule has 9 heteroatoms. The van der Waals surface area contributed by atoms with Gasteiger partial charge in [0.25, 0.3) is 5.91 Å². The van der Waals surface area contributed by atoms with Gasteiger partial charge in [-0.25, -0.2) is 0 Å². The van der Waals surface area contributed by atoms with Gasteiger partial charge in [-0.2, -0.15) is 10.0 Å². The molecule has 2 aliphatic rings. The molecule has 1 amide bonds. The van der Waals surface area contributed by atoms with Crippen LogP contribution in [0.2, 0.25) is 0 Å². The van der Waals surface area contributed by atoms with Crippen molar-refractivity contribution in [3.63, 3.8) is 0 Å². The topological polar surface area (TPSA) is 76.1 Å². The second-order valence-electron chi connectivity index (χ2n) is 8.72. The summed E-state index contributed by atoms with van der Waals surface area (Å²) in [6.07, 6.45) is 0. The maximum Gasteiger partial charge on any atom is 0.277 e. The summed E-state index contributed by atoms with van der Waals surface area (Å²) in [5, 5.41) is 9.06. The van der Waals surface area contributed by atoms with Crippen molar-refractivity contribution < 1.29 is 23.9 Å². The van der Waals surface area contributed by atoms with Crippen molar-refractivity contribution in [2.45, 2.75) is 27.7 Å². The van der Waals surface area contributed by atoms with Gasteiger partial charge < -0.3 is 14.2 Å². The lowest BCUT2D eigenvalue weighted by Gasteiger charge is -2.26. The molecule has 0 N–H and O–H groups in total. The molecule has 0 aliphatic carbocycles. The maximum absolute atomic E-state index is 13.9. The summed E-state index contributed by atoms with van der Waals surface area (Å²) < 4.78 is 16.3. The minimum absolute atomic E-state index is 0.331. The molecule has 9 nitrogen and oxygen atoms in total. The zero-order chi connectivity index (χ0) is 25.7. The number of para-hydroxylation sites is 2. The Balaban J connectivity index is 1.62. The van der Waals surface area contributed by atoms with Crippen LogP contribution < -0.4 is 24.2 Å². The van der Waals surface area contributed by atoms with Crippen LogP contribution in [0, 0.1) is 27.7 Å². The molecule has 3 aromatic rings. The van der Waals surface area contributed by atoms with Crippen LogP contribution in [0.15, 0.2) is 47.6 Å². The Morgan fingerprint density at radius 3 is 1.97 bits per heavy atom. The highest BCUT2D eigenvalue weighted by Gasteiger charge is 2.47. The average molecular weight is 489 g/mol. The molecule has 0 saturated carbocycles. The Morgan fingerprint density at radius 2 is 1.42 bits per heavy atom.